The zero-order valence-corrected chi connectivity index (χ0v) is 17.3. The Kier molecular flexibility index (Phi) is 5.76. The Bertz CT molecular complexity index is 1010. The molecule has 1 fully saturated rings. The average Bonchev–Trinajstić information content (AvgIpc) is 2.72. The van der Waals surface area contributed by atoms with E-state index in [0.717, 1.165) is 37.6 Å². The van der Waals surface area contributed by atoms with E-state index in [1.165, 1.54) is 23.3 Å². The Morgan fingerprint density at radius 1 is 0.933 bits per heavy atom. The van der Waals surface area contributed by atoms with Gasteiger partial charge in [0, 0.05) is 37.6 Å². The summed E-state index contributed by atoms with van der Waals surface area (Å²) in [6.07, 6.45) is 0. The largest absolute Gasteiger partial charge is 0.369 e. The van der Waals surface area contributed by atoms with Crippen molar-refractivity contribution in [1.82, 2.24) is 19.9 Å². The molecule has 1 aliphatic rings. The highest BCUT2D eigenvalue weighted by molar-refractivity contribution is 5.56. The molecule has 1 saturated heterocycles. The topological polar surface area (TPSA) is 83.2 Å². The van der Waals surface area contributed by atoms with Gasteiger partial charge in [0.05, 0.1) is 6.54 Å². The number of nitrogen functional groups attached to an aromatic ring is 1. The number of nitrogens with one attached hydrogen (secondary N) is 1. The van der Waals surface area contributed by atoms with Crippen LogP contribution in [0.25, 0.3) is 0 Å². The number of hydrogen-bond acceptors (Lipinski definition) is 7. The molecule has 7 nitrogen and oxygen atoms in total. The van der Waals surface area contributed by atoms with Crippen LogP contribution in [-0.4, -0.2) is 46.0 Å². The van der Waals surface area contributed by atoms with Crippen molar-refractivity contribution >= 4 is 23.3 Å². The van der Waals surface area contributed by atoms with Crippen LogP contribution in [0.2, 0.25) is 0 Å². The van der Waals surface area contributed by atoms with Crippen molar-refractivity contribution in [3.05, 3.63) is 65.2 Å². The lowest BCUT2D eigenvalue weighted by molar-refractivity contribution is 0.244. The van der Waals surface area contributed by atoms with Crippen LogP contribution in [0.15, 0.2) is 42.5 Å². The second-order valence-electron chi connectivity index (χ2n) is 7.60. The van der Waals surface area contributed by atoms with Crippen LogP contribution in [0.5, 0.6) is 0 Å². The molecule has 3 N–H and O–H groups in total. The number of rotatable bonds is 5. The summed E-state index contributed by atoms with van der Waals surface area (Å²) >= 11 is 0. The maximum atomic E-state index is 13.1. The van der Waals surface area contributed by atoms with Gasteiger partial charge in [0.25, 0.3) is 0 Å². The summed E-state index contributed by atoms with van der Waals surface area (Å²) in [6, 6.07) is 12.8. The number of halogens is 1. The predicted octanol–water partition coefficient (Wildman–Crippen LogP) is 3.28. The molecule has 4 rings (SSSR count). The minimum Gasteiger partial charge on any atom is -0.369 e. The van der Waals surface area contributed by atoms with Crippen LogP contribution >= 0.6 is 0 Å². The smallest absolute Gasteiger partial charge is 0.232 e. The summed E-state index contributed by atoms with van der Waals surface area (Å²) in [5.41, 5.74) is 10.3. The first-order valence-corrected chi connectivity index (χ1v) is 10.0. The van der Waals surface area contributed by atoms with Crippen LogP contribution in [0.1, 0.15) is 17.0 Å². The molecule has 2 heterocycles. The minimum atomic E-state index is -0.213. The van der Waals surface area contributed by atoms with Crippen molar-refractivity contribution < 1.29 is 4.39 Å². The van der Waals surface area contributed by atoms with Crippen LogP contribution < -0.4 is 16.0 Å². The molecule has 0 aliphatic carbocycles. The van der Waals surface area contributed by atoms with E-state index in [1.807, 2.05) is 18.2 Å². The first-order chi connectivity index (χ1) is 14.5. The molecule has 0 amide bonds. The van der Waals surface area contributed by atoms with Crippen LogP contribution in [0.3, 0.4) is 0 Å². The quantitative estimate of drug-likeness (QED) is 0.672. The molecule has 3 aromatic rings. The van der Waals surface area contributed by atoms with Crippen molar-refractivity contribution in [1.29, 1.82) is 0 Å². The van der Waals surface area contributed by atoms with Crippen molar-refractivity contribution in [3.63, 3.8) is 0 Å². The van der Waals surface area contributed by atoms with E-state index in [9.17, 15) is 4.39 Å². The second kappa shape index (κ2) is 8.62. The predicted molar refractivity (Wildman–Crippen MR) is 117 cm³/mol. The first kappa shape index (κ1) is 20.0. The lowest BCUT2D eigenvalue weighted by Gasteiger charge is -2.35. The fourth-order valence-electron chi connectivity index (χ4n) is 3.53. The Hall–Kier alpha value is -3.26. The number of nitrogens with zero attached hydrogens (tertiary/aromatic N) is 5. The van der Waals surface area contributed by atoms with Gasteiger partial charge in [-0.05, 0) is 61.4 Å². The molecule has 156 valence electrons. The van der Waals surface area contributed by atoms with E-state index < -0.39 is 0 Å². The summed E-state index contributed by atoms with van der Waals surface area (Å²) in [6.45, 7) is 8.20. The number of aryl methyl sites for hydroxylation is 2. The van der Waals surface area contributed by atoms with Gasteiger partial charge in [-0.2, -0.15) is 15.0 Å². The third-order valence-corrected chi connectivity index (χ3v) is 5.39. The molecule has 0 atom stereocenters. The molecular weight excluding hydrogens is 381 g/mol. The number of anilines is 4. The summed E-state index contributed by atoms with van der Waals surface area (Å²) in [5, 5.41) is 3.22. The zero-order chi connectivity index (χ0) is 21.1. The first-order valence-electron chi connectivity index (χ1n) is 10.0. The van der Waals surface area contributed by atoms with Crippen molar-refractivity contribution in [3.8, 4) is 0 Å². The third kappa shape index (κ3) is 4.83. The molecule has 0 radical (unpaired) electrons. The van der Waals surface area contributed by atoms with Gasteiger partial charge in [-0.15, -0.1) is 0 Å². The van der Waals surface area contributed by atoms with Crippen LogP contribution in [-0.2, 0) is 6.54 Å². The van der Waals surface area contributed by atoms with Crippen molar-refractivity contribution in [2.75, 3.05) is 42.1 Å². The van der Waals surface area contributed by atoms with Gasteiger partial charge < -0.3 is 16.0 Å². The fourth-order valence-corrected chi connectivity index (χ4v) is 3.53. The van der Waals surface area contributed by atoms with E-state index in [1.54, 1.807) is 0 Å². The SMILES string of the molecule is Cc1ccc(Nc2nc(N)nc(CN3CCN(c4ccc(F)cc4)CC3)n2)cc1C. The number of piperazine rings is 1. The fraction of sp³-hybridized carbons (Fsp3) is 0.318. The standard InChI is InChI=1S/C22H26FN7/c1-15-3-6-18(13-16(15)2)25-22-27-20(26-21(24)28-22)14-29-9-11-30(12-10-29)19-7-4-17(23)5-8-19/h3-8,13H,9-12,14H2,1-2H3,(H3,24,25,26,27,28). The van der Waals surface area contributed by atoms with Gasteiger partial charge in [0.2, 0.25) is 11.9 Å². The molecule has 8 heteroatoms. The molecule has 1 aromatic heterocycles. The zero-order valence-electron chi connectivity index (χ0n) is 17.3. The highest BCUT2D eigenvalue weighted by Crippen LogP contribution is 2.19. The molecule has 2 aromatic carbocycles. The summed E-state index contributed by atoms with van der Waals surface area (Å²) < 4.78 is 13.1. The Morgan fingerprint density at radius 2 is 1.67 bits per heavy atom. The Labute approximate surface area is 175 Å². The van der Waals surface area contributed by atoms with Gasteiger partial charge in [-0.25, -0.2) is 4.39 Å². The summed E-state index contributed by atoms with van der Waals surface area (Å²) in [7, 11) is 0. The molecule has 1 aliphatic heterocycles. The molecule has 0 saturated carbocycles. The van der Waals surface area contributed by atoms with Gasteiger partial charge in [-0.1, -0.05) is 6.07 Å². The van der Waals surface area contributed by atoms with E-state index in [2.05, 4.69) is 56.0 Å². The second-order valence-corrected chi connectivity index (χ2v) is 7.60. The van der Waals surface area contributed by atoms with Gasteiger partial charge in [-0.3, -0.25) is 4.90 Å². The lowest BCUT2D eigenvalue weighted by Crippen LogP contribution is -2.46. The van der Waals surface area contributed by atoms with Crippen LogP contribution in [0, 0.1) is 19.7 Å². The third-order valence-electron chi connectivity index (χ3n) is 5.39. The maximum absolute atomic E-state index is 13.1. The molecule has 30 heavy (non-hydrogen) atoms. The van der Waals surface area contributed by atoms with Crippen molar-refractivity contribution in [2.45, 2.75) is 20.4 Å². The van der Waals surface area contributed by atoms with Crippen molar-refractivity contribution in [2.24, 2.45) is 0 Å². The van der Waals surface area contributed by atoms with Crippen LogP contribution in [0.4, 0.5) is 27.7 Å². The maximum Gasteiger partial charge on any atom is 0.232 e. The summed E-state index contributed by atoms with van der Waals surface area (Å²) in [4.78, 5) is 17.6. The normalized spacial score (nSPS) is 14.7. The van der Waals surface area contributed by atoms with E-state index in [-0.39, 0.29) is 11.8 Å². The monoisotopic (exact) mass is 407 g/mol. The highest BCUT2D eigenvalue weighted by atomic mass is 19.1. The van der Waals surface area contributed by atoms with Gasteiger partial charge in [0.1, 0.15) is 11.6 Å². The molecule has 0 unspecified atom stereocenters. The van der Waals surface area contributed by atoms with E-state index >= 15 is 0 Å². The molecule has 0 spiro atoms. The minimum absolute atomic E-state index is 0.205. The van der Waals surface area contributed by atoms with E-state index in [0.29, 0.717) is 18.3 Å². The highest BCUT2D eigenvalue weighted by Gasteiger charge is 2.19. The van der Waals surface area contributed by atoms with Gasteiger partial charge >= 0.3 is 0 Å². The Balaban J connectivity index is 1.39. The summed E-state index contributed by atoms with van der Waals surface area (Å²) in [5.74, 6) is 1.08. The number of hydrogen-bond donors (Lipinski definition) is 2. The average molecular weight is 407 g/mol. The molecular formula is C22H26FN7. The van der Waals surface area contributed by atoms with Gasteiger partial charge in [0.15, 0.2) is 0 Å². The number of benzene rings is 2. The molecule has 0 bridgehead atoms. The lowest BCUT2D eigenvalue weighted by atomic mass is 10.1. The number of nitrogens with two attached hydrogens (primary N) is 1. The Morgan fingerprint density at radius 3 is 2.37 bits per heavy atom. The number of aromatic nitrogens is 3. The van der Waals surface area contributed by atoms with E-state index in [4.69, 9.17) is 5.73 Å².